The number of hydrogen-bond donors (Lipinski definition) is 2. The molecule has 0 atom stereocenters. The largest absolute Gasteiger partial charge is 0.676 e. The predicted octanol–water partition coefficient (Wildman–Crippen LogP) is 1.91. The highest BCUT2D eigenvalue weighted by molar-refractivity contribution is 6.60. The summed E-state index contributed by atoms with van der Waals surface area (Å²) in [6.45, 7) is 15.0. The lowest BCUT2D eigenvalue weighted by Gasteiger charge is -2.28. The SMILES string of the molecule is CCO[Si](CCCN)(OCC)OCC.CCO[Si](O)(OCC)OCC. The lowest BCUT2D eigenvalue weighted by Crippen LogP contribution is -2.46. The molecular formula is C15H39NO7Si2. The maximum Gasteiger partial charge on any atom is 0.676 e. The van der Waals surface area contributed by atoms with E-state index in [9.17, 15) is 4.80 Å². The molecule has 0 aliphatic carbocycles. The van der Waals surface area contributed by atoms with Crippen LogP contribution in [-0.2, 0) is 26.6 Å². The minimum Gasteiger partial charge on any atom is -0.374 e. The fraction of sp³-hybridized carbons (Fsp3) is 1.00. The van der Waals surface area contributed by atoms with Crippen LogP contribution in [0.15, 0.2) is 0 Å². The van der Waals surface area contributed by atoms with Gasteiger partial charge in [-0.2, -0.15) is 0 Å². The molecule has 0 radical (unpaired) electrons. The van der Waals surface area contributed by atoms with E-state index < -0.39 is 17.9 Å². The van der Waals surface area contributed by atoms with Crippen LogP contribution >= 0.6 is 0 Å². The molecule has 0 spiro atoms. The maximum atomic E-state index is 9.48. The Balaban J connectivity index is 0. The summed E-state index contributed by atoms with van der Waals surface area (Å²) in [6.07, 6.45) is 0.895. The van der Waals surface area contributed by atoms with Crippen LogP contribution in [0.1, 0.15) is 48.0 Å². The molecule has 0 rings (SSSR count). The van der Waals surface area contributed by atoms with Crippen LogP contribution in [0, 0.1) is 0 Å². The smallest absolute Gasteiger partial charge is 0.374 e. The van der Waals surface area contributed by atoms with E-state index in [1.54, 1.807) is 20.8 Å². The van der Waals surface area contributed by atoms with Crippen molar-refractivity contribution in [1.82, 2.24) is 0 Å². The molecule has 0 saturated heterocycles. The summed E-state index contributed by atoms with van der Waals surface area (Å²) in [5, 5.41) is 0. The summed E-state index contributed by atoms with van der Waals surface area (Å²) in [7, 11) is -5.65. The Kier molecular flexibility index (Phi) is 19.2. The molecule has 0 saturated carbocycles. The highest BCUT2D eigenvalue weighted by Gasteiger charge is 2.40. The zero-order chi connectivity index (χ0) is 19.6. The maximum absolute atomic E-state index is 9.48. The summed E-state index contributed by atoms with van der Waals surface area (Å²) in [5.74, 6) is 0. The van der Waals surface area contributed by atoms with Gasteiger partial charge in [-0.15, -0.1) is 0 Å². The monoisotopic (exact) mass is 401 g/mol. The highest BCUT2D eigenvalue weighted by Crippen LogP contribution is 2.17. The Morgan fingerprint density at radius 1 is 0.640 bits per heavy atom. The van der Waals surface area contributed by atoms with Gasteiger partial charge in [0.05, 0.1) is 0 Å². The van der Waals surface area contributed by atoms with Crippen LogP contribution in [0.3, 0.4) is 0 Å². The third-order valence-corrected chi connectivity index (χ3v) is 7.87. The summed E-state index contributed by atoms with van der Waals surface area (Å²) in [5.41, 5.74) is 5.48. The zero-order valence-corrected chi connectivity index (χ0v) is 18.8. The quantitative estimate of drug-likeness (QED) is 0.401. The molecule has 0 bridgehead atoms. The van der Waals surface area contributed by atoms with Crippen LogP contribution in [0.5, 0.6) is 0 Å². The van der Waals surface area contributed by atoms with Crippen molar-refractivity contribution in [2.45, 2.75) is 54.0 Å². The Labute approximate surface area is 155 Å². The Morgan fingerprint density at radius 2 is 0.960 bits per heavy atom. The summed E-state index contributed by atoms with van der Waals surface area (Å²) < 4.78 is 31.8. The second kappa shape index (κ2) is 17.5. The zero-order valence-electron chi connectivity index (χ0n) is 16.8. The molecule has 0 amide bonds. The first-order chi connectivity index (χ1) is 11.9. The van der Waals surface area contributed by atoms with Crippen LogP contribution in [0.4, 0.5) is 0 Å². The first-order valence-electron chi connectivity index (χ1n) is 9.18. The lowest BCUT2D eigenvalue weighted by atomic mass is 10.5. The van der Waals surface area contributed by atoms with Gasteiger partial charge in [-0.25, -0.2) is 0 Å². The molecule has 0 aromatic heterocycles. The minimum absolute atomic E-state index is 0.405. The fourth-order valence-corrected chi connectivity index (χ4v) is 5.98. The van der Waals surface area contributed by atoms with Gasteiger partial charge in [-0.1, -0.05) is 0 Å². The van der Waals surface area contributed by atoms with E-state index in [1.165, 1.54) is 0 Å². The van der Waals surface area contributed by atoms with E-state index in [0.29, 0.717) is 46.2 Å². The van der Waals surface area contributed by atoms with E-state index in [-0.39, 0.29) is 0 Å². The van der Waals surface area contributed by atoms with Crippen molar-refractivity contribution in [3.63, 3.8) is 0 Å². The number of rotatable bonds is 15. The van der Waals surface area contributed by atoms with Crippen LogP contribution in [0.25, 0.3) is 0 Å². The van der Waals surface area contributed by atoms with Crippen molar-refractivity contribution in [1.29, 1.82) is 0 Å². The normalized spacial score (nSPS) is 12.0. The fourth-order valence-electron chi connectivity index (χ4n) is 1.99. The first kappa shape index (κ1) is 27.3. The third-order valence-electron chi connectivity index (χ3n) is 2.76. The van der Waals surface area contributed by atoms with Crippen LogP contribution in [-0.4, -0.2) is 68.8 Å². The van der Waals surface area contributed by atoms with Gasteiger partial charge in [0, 0.05) is 45.7 Å². The topological polar surface area (TPSA) is 102 Å². The molecule has 0 heterocycles. The number of nitrogens with two attached hydrogens (primary N) is 1. The van der Waals surface area contributed by atoms with E-state index in [1.807, 2.05) is 20.8 Å². The first-order valence-corrected chi connectivity index (χ1v) is 12.8. The van der Waals surface area contributed by atoms with Crippen molar-refractivity contribution in [3.8, 4) is 0 Å². The van der Waals surface area contributed by atoms with Crippen molar-refractivity contribution in [3.05, 3.63) is 0 Å². The summed E-state index contributed by atoms with van der Waals surface area (Å²) in [4.78, 5) is 9.48. The van der Waals surface area contributed by atoms with E-state index in [4.69, 9.17) is 32.3 Å². The molecule has 0 aliphatic rings. The van der Waals surface area contributed by atoms with Gasteiger partial charge >= 0.3 is 17.9 Å². The molecule has 0 unspecified atom stereocenters. The van der Waals surface area contributed by atoms with Crippen molar-refractivity contribution in [2.75, 3.05) is 46.2 Å². The molecule has 0 aliphatic heterocycles. The molecule has 3 N–H and O–H groups in total. The molecule has 0 aromatic rings. The third kappa shape index (κ3) is 13.9. The van der Waals surface area contributed by atoms with Gasteiger partial charge in [0.15, 0.2) is 0 Å². The van der Waals surface area contributed by atoms with Gasteiger partial charge in [0.1, 0.15) is 0 Å². The molecule has 0 aromatic carbocycles. The Bertz CT molecular complexity index is 255. The Hall–Kier alpha value is 0.114. The predicted molar refractivity (Wildman–Crippen MR) is 102 cm³/mol. The molecule has 154 valence electrons. The van der Waals surface area contributed by atoms with Gasteiger partial charge in [-0.05, 0) is 54.5 Å². The van der Waals surface area contributed by atoms with Gasteiger partial charge in [0.25, 0.3) is 0 Å². The van der Waals surface area contributed by atoms with Gasteiger partial charge in [0.2, 0.25) is 0 Å². The Morgan fingerprint density at radius 3 is 1.20 bits per heavy atom. The average Bonchev–Trinajstić information content (AvgIpc) is 2.55. The summed E-state index contributed by atoms with van der Waals surface area (Å²) in [6, 6.07) is 0.818. The van der Waals surface area contributed by atoms with Crippen molar-refractivity contribution >= 4 is 17.9 Å². The second-order valence-electron chi connectivity index (χ2n) is 4.70. The van der Waals surface area contributed by atoms with E-state index >= 15 is 0 Å². The van der Waals surface area contributed by atoms with Gasteiger partial charge in [-0.3, -0.25) is 0 Å². The van der Waals surface area contributed by atoms with Crippen LogP contribution < -0.4 is 5.73 Å². The van der Waals surface area contributed by atoms with Gasteiger partial charge < -0.3 is 37.1 Å². The van der Waals surface area contributed by atoms with Crippen molar-refractivity contribution < 1.29 is 31.4 Å². The van der Waals surface area contributed by atoms with E-state index in [0.717, 1.165) is 12.5 Å². The molecule has 8 nitrogen and oxygen atoms in total. The van der Waals surface area contributed by atoms with Crippen molar-refractivity contribution in [2.24, 2.45) is 5.73 Å². The van der Waals surface area contributed by atoms with Crippen LogP contribution in [0.2, 0.25) is 6.04 Å². The molecule has 0 fully saturated rings. The minimum atomic E-state index is -3.25. The average molecular weight is 402 g/mol. The highest BCUT2D eigenvalue weighted by atomic mass is 28.4. The van der Waals surface area contributed by atoms with E-state index in [2.05, 4.69) is 0 Å². The lowest BCUT2D eigenvalue weighted by molar-refractivity contribution is 0.00145. The standard InChI is InChI=1S/C9H23NO3Si.C6H16O4Si/c1-4-11-14(12-5-2,13-6-3)9-7-8-10;1-4-8-11(7,9-5-2)10-6-3/h4-10H2,1-3H3;7H,4-6H2,1-3H3. The summed E-state index contributed by atoms with van der Waals surface area (Å²) >= 11 is 0. The number of hydrogen-bond acceptors (Lipinski definition) is 8. The molecular weight excluding hydrogens is 362 g/mol. The molecule has 10 heteroatoms. The second-order valence-corrected chi connectivity index (χ2v) is 9.34. The molecule has 25 heavy (non-hydrogen) atoms.